The fraction of sp³-hybridized carbons (Fsp3) is 0.667. The van der Waals surface area contributed by atoms with Crippen LogP contribution in [0, 0.1) is 5.92 Å². The van der Waals surface area contributed by atoms with Gasteiger partial charge in [0.15, 0.2) is 5.96 Å². The Labute approximate surface area is 190 Å². The van der Waals surface area contributed by atoms with Crippen LogP contribution in [-0.4, -0.2) is 70.3 Å². The molecule has 1 aromatic rings. The maximum absolute atomic E-state index is 13.2. The SMILES string of the molecule is CN1C(=O)[C@](C)(C[C@]2(NCC3CCCCC3)CCCN(C(=O)c3ccncc3)C2)N=C1N. The number of aromatic nitrogens is 1. The Balaban J connectivity index is 1.56. The summed E-state index contributed by atoms with van der Waals surface area (Å²) >= 11 is 0. The van der Waals surface area contributed by atoms with Gasteiger partial charge in [0.25, 0.3) is 11.8 Å². The predicted octanol–water partition coefficient (Wildman–Crippen LogP) is 2.16. The molecule has 2 aliphatic heterocycles. The average molecular weight is 441 g/mol. The molecule has 0 radical (unpaired) electrons. The molecule has 32 heavy (non-hydrogen) atoms. The van der Waals surface area contributed by atoms with Gasteiger partial charge in [0.05, 0.1) is 0 Å². The zero-order valence-electron chi connectivity index (χ0n) is 19.3. The molecule has 1 aliphatic carbocycles. The Morgan fingerprint density at radius 1 is 1.22 bits per heavy atom. The van der Waals surface area contributed by atoms with E-state index in [0.717, 1.165) is 19.4 Å². The molecular formula is C24H36N6O2. The summed E-state index contributed by atoms with van der Waals surface area (Å²) in [4.78, 5) is 38.2. The van der Waals surface area contributed by atoms with Gasteiger partial charge in [-0.05, 0) is 57.2 Å². The minimum Gasteiger partial charge on any atom is -0.369 e. The maximum atomic E-state index is 13.2. The van der Waals surface area contributed by atoms with Crippen LogP contribution in [-0.2, 0) is 4.79 Å². The first kappa shape index (κ1) is 22.7. The van der Waals surface area contributed by atoms with Crippen LogP contribution in [0.1, 0.15) is 68.6 Å². The normalized spacial score (nSPS) is 29.3. The molecule has 3 N–H and O–H groups in total. The first-order valence-electron chi connectivity index (χ1n) is 11.9. The van der Waals surface area contributed by atoms with Gasteiger partial charge in [-0.3, -0.25) is 19.5 Å². The highest BCUT2D eigenvalue weighted by Crippen LogP contribution is 2.36. The third-order valence-corrected chi connectivity index (χ3v) is 7.43. The number of nitrogens with one attached hydrogen (secondary N) is 1. The number of rotatable bonds is 6. The number of hydrogen-bond acceptors (Lipinski definition) is 6. The second kappa shape index (κ2) is 9.17. The fourth-order valence-electron chi connectivity index (χ4n) is 5.70. The lowest BCUT2D eigenvalue weighted by molar-refractivity contribution is -0.130. The van der Waals surface area contributed by atoms with Gasteiger partial charge >= 0.3 is 0 Å². The molecule has 2 amide bonds. The zero-order valence-corrected chi connectivity index (χ0v) is 19.3. The van der Waals surface area contributed by atoms with Crippen molar-refractivity contribution in [1.29, 1.82) is 0 Å². The summed E-state index contributed by atoms with van der Waals surface area (Å²) in [6.45, 7) is 4.06. The zero-order chi connectivity index (χ0) is 22.8. The number of pyridine rings is 1. The van der Waals surface area contributed by atoms with E-state index in [4.69, 9.17) is 5.73 Å². The van der Waals surface area contributed by atoms with Crippen LogP contribution < -0.4 is 11.1 Å². The van der Waals surface area contributed by atoms with Crippen molar-refractivity contribution in [3.05, 3.63) is 30.1 Å². The van der Waals surface area contributed by atoms with E-state index in [1.807, 2.05) is 11.8 Å². The van der Waals surface area contributed by atoms with E-state index in [1.54, 1.807) is 31.6 Å². The molecule has 4 rings (SSSR count). The van der Waals surface area contributed by atoms with Crippen LogP contribution in [0.4, 0.5) is 0 Å². The number of aliphatic imine (C=N–C) groups is 1. The Morgan fingerprint density at radius 3 is 2.59 bits per heavy atom. The Morgan fingerprint density at radius 2 is 1.94 bits per heavy atom. The van der Waals surface area contributed by atoms with Crippen LogP contribution >= 0.6 is 0 Å². The van der Waals surface area contributed by atoms with Crippen molar-refractivity contribution >= 4 is 17.8 Å². The van der Waals surface area contributed by atoms with Gasteiger partial charge in [-0.2, -0.15) is 0 Å². The largest absolute Gasteiger partial charge is 0.369 e. The molecule has 8 heteroatoms. The molecular weight excluding hydrogens is 404 g/mol. The number of nitrogens with two attached hydrogens (primary N) is 1. The highest BCUT2D eigenvalue weighted by Gasteiger charge is 2.50. The van der Waals surface area contributed by atoms with Crippen molar-refractivity contribution < 1.29 is 9.59 Å². The van der Waals surface area contributed by atoms with Crippen LogP contribution in [0.25, 0.3) is 0 Å². The van der Waals surface area contributed by atoms with Crippen molar-refractivity contribution in [2.45, 2.75) is 69.4 Å². The summed E-state index contributed by atoms with van der Waals surface area (Å²) in [6.07, 6.45) is 12.0. The molecule has 0 spiro atoms. The standard InChI is InChI=1S/C24H36N6O2/c1-23(21(32)29(2)22(25)28-23)16-24(27-15-18-7-4-3-5-8-18)11-6-14-30(17-24)20(31)19-9-12-26-13-10-19/h9-10,12-13,18,27H,3-8,11,14-17H2,1-2H3,(H2,25,28)/t23-,24+/m0/s1. The van der Waals surface area contributed by atoms with Crippen LogP contribution in [0.5, 0.6) is 0 Å². The third kappa shape index (κ3) is 4.65. The summed E-state index contributed by atoms with van der Waals surface area (Å²) in [5.41, 5.74) is 5.35. The lowest BCUT2D eigenvalue weighted by atomic mass is 9.77. The number of guanidine groups is 1. The van der Waals surface area contributed by atoms with Crippen molar-refractivity contribution in [3.8, 4) is 0 Å². The molecule has 3 heterocycles. The van der Waals surface area contributed by atoms with Gasteiger partial charge < -0.3 is 16.0 Å². The lowest BCUT2D eigenvalue weighted by Gasteiger charge is -2.46. The van der Waals surface area contributed by atoms with Crippen LogP contribution in [0.15, 0.2) is 29.5 Å². The summed E-state index contributed by atoms with van der Waals surface area (Å²) < 4.78 is 0. The van der Waals surface area contributed by atoms with Gasteiger partial charge in [0.1, 0.15) is 5.54 Å². The number of likely N-dealkylation sites (N-methyl/N-ethyl adjacent to an activating group) is 1. The van der Waals surface area contributed by atoms with Gasteiger partial charge in [-0.1, -0.05) is 19.3 Å². The number of hydrogen-bond donors (Lipinski definition) is 2. The Bertz CT molecular complexity index is 869. The van der Waals surface area contributed by atoms with Crippen LogP contribution in [0.2, 0.25) is 0 Å². The van der Waals surface area contributed by atoms with Gasteiger partial charge in [-0.25, -0.2) is 4.99 Å². The monoisotopic (exact) mass is 440 g/mol. The van der Waals surface area contributed by atoms with Crippen molar-refractivity contribution in [2.75, 3.05) is 26.7 Å². The molecule has 1 saturated carbocycles. The number of nitrogens with zero attached hydrogens (tertiary/aromatic N) is 4. The number of piperidine rings is 1. The van der Waals surface area contributed by atoms with E-state index < -0.39 is 5.54 Å². The van der Waals surface area contributed by atoms with Crippen molar-refractivity contribution in [3.63, 3.8) is 0 Å². The molecule has 2 fully saturated rings. The predicted molar refractivity (Wildman–Crippen MR) is 124 cm³/mol. The number of carbonyl (C=O) groups excluding carboxylic acids is 2. The first-order chi connectivity index (χ1) is 15.3. The molecule has 0 unspecified atom stereocenters. The first-order valence-corrected chi connectivity index (χ1v) is 11.9. The lowest BCUT2D eigenvalue weighted by Crippen LogP contribution is -2.62. The van der Waals surface area contributed by atoms with Gasteiger partial charge in [0, 0.05) is 50.1 Å². The quantitative estimate of drug-likeness (QED) is 0.705. The smallest absolute Gasteiger partial charge is 0.256 e. The number of carbonyl (C=O) groups is 2. The summed E-state index contributed by atoms with van der Waals surface area (Å²) in [6, 6.07) is 3.52. The molecule has 0 bridgehead atoms. The van der Waals surface area contributed by atoms with Crippen LogP contribution in [0.3, 0.4) is 0 Å². The summed E-state index contributed by atoms with van der Waals surface area (Å²) in [7, 11) is 1.68. The minimum atomic E-state index is -0.916. The molecule has 8 nitrogen and oxygen atoms in total. The maximum Gasteiger partial charge on any atom is 0.256 e. The minimum absolute atomic E-state index is 0.0129. The van der Waals surface area contributed by atoms with E-state index >= 15 is 0 Å². The Kier molecular flexibility index (Phi) is 6.51. The van der Waals surface area contributed by atoms with E-state index in [-0.39, 0.29) is 23.3 Å². The fourth-order valence-corrected chi connectivity index (χ4v) is 5.70. The average Bonchev–Trinajstić information content (AvgIpc) is 3.00. The molecule has 174 valence electrons. The molecule has 3 aliphatic rings. The number of amides is 2. The summed E-state index contributed by atoms with van der Waals surface area (Å²) in [5, 5.41) is 3.86. The van der Waals surface area contributed by atoms with Gasteiger partial charge in [0.2, 0.25) is 0 Å². The van der Waals surface area contributed by atoms with E-state index in [0.29, 0.717) is 31.0 Å². The molecule has 0 aromatic carbocycles. The van der Waals surface area contributed by atoms with E-state index in [9.17, 15) is 9.59 Å². The third-order valence-electron chi connectivity index (χ3n) is 7.43. The van der Waals surface area contributed by atoms with Gasteiger partial charge in [-0.15, -0.1) is 0 Å². The topological polar surface area (TPSA) is 104 Å². The second-order valence-corrected chi connectivity index (χ2v) is 10.0. The number of likely N-dealkylation sites (tertiary alicyclic amines) is 1. The van der Waals surface area contributed by atoms with E-state index in [2.05, 4.69) is 15.3 Å². The summed E-state index contributed by atoms with van der Waals surface area (Å²) in [5.74, 6) is 0.848. The highest BCUT2D eigenvalue weighted by molar-refractivity contribution is 6.06. The molecule has 1 saturated heterocycles. The second-order valence-electron chi connectivity index (χ2n) is 10.0. The Hall–Kier alpha value is -2.48. The van der Waals surface area contributed by atoms with Crippen molar-refractivity contribution in [1.82, 2.24) is 20.1 Å². The van der Waals surface area contributed by atoms with E-state index in [1.165, 1.54) is 37.0 Å². The van der Waals surface area contributed by atoms with Crippen molar-refractivity contribution in [2.24, 2.45) is 16.6 Å². The molecule has 2 atom stereocenters. The molecule has 1 aromatic heterocycles. The highest BCUT2D eigenvalue weighted by atomic mass is 16.2.